The van der Waals surface area contributed by atoms with Gasteiger partial charge in [-0.05, 0) is 36.7 Å². The maximum atomic E-state index is 5.30. The van der Waals surface area contributed by atoms with Crippen LogP contribution in [0.15, 0.2) is 29.2 Å². The number of rotatable bonds is 3. The number of nitrogens with one attached hydrogen (secondary N) is 1. The molecule has 2 heterocycles. The number of aromatic amines is 1. The molecule has 2 aromatic rings. The Morgan fingerprint density at radius 1 is 1.50 bits per heavy atom. The third kappa shape index (κ3) is 2.01. The number of fused-ring (bicyclic) bond motifs is 1. The number of aromatic nitrogens is 3. The SMILES string of the molecule is CCCn1c(C2Cc3ccccc3S2)n[nH]c1=S. The van der Waals surface area contributed by atoms with Crippen LogP contribution in [-0.4, -0.2) is 14.8 Å². The second-order valence-electron chi connectivity index (χ2n) is 4.46. The first-order chi connectivity index (χ1) is 8.79. The molecule has 3 nitrogen and oxygen atoms in total. The molecule has 1 unspecified atom stereocenters. The van der Waals surface area contributed by atoms with Gasteiger partial charge in [0.1, 0.15) is 5.82 Å². The first kappa shape index (κ1) is 12.0. The van der Waals surface area contributed by atoms with E-state index >= 15 is 0 Å². The van der Waals surface area contributed by atoms with Crippen molar-refractivity contribution in [2.45, 2.75) is 36.5 Å². The van der Waals surface area contributed by atoms with Crippen molar-refractivity contribution >= 4 is 24.0 Å². The molecule has 0 amide bonds. The molecule has 5 heteroatoms. The summed E-state index contributed by atoms with van der Waals surface area (Å²) in [7, 11) is 0. The van der Waals surface area contributed by atoms with Gasteiger partial charge in [0.25, 0.3) is 0 Å². The van der Waals surface area contributed by atoms with E-state index in [0.29, 0.717) is 5.25 Å². The molecule has 0 aliphatic carbocycles. The third-order valence-corrected chi connectivity index (χ3v) is 4.80. The molecule has 1 N–H and O–H groups in total. The van der Waals surface area contributed by atoms with E-state index in [-0.39, 0.29) is 0 Å². The van der Waals surface area contributed by atoms with Crippen molar-refractivity contribution in [1.82, 2.24) is 14.8 Å². The Morgan fingerprint density at radius 3 is 3.11 bits per heavy atom. The van der Waals surface area contributed by atoms with Gasteiger partial charge >= 0.3 is 0 Å². The molecule has 0 fully saturated rings. The smallest absolute Gasteiger partial charge is 0.195 e. The number of hydrogen-bond donors (Lipinski definition) is 1. The Labute approximate surface area is 116 Å². The standard InChI is InChI=1S/C13H15N3S2/c1-2-7-16-12(14-15-13(16)17)11-8-9-5-3-4-6-10(9)18-11/h3-6,11H,2,7-8H2,1H3,(H,15,17). The largest absolute Gasteiger partial charge is 0.303 e. The Morgan fingerprint density at radius 2 is 2.33 bits per heavy atom. The third-order valence-electron chi connectivity index (χ3n) is 3.17. The summed E-state index contributed by atoms with van der Waals surface area (Å²) in [5.74, 6) is 1.09. The van der Waals surface area contributed by atoms with Gasteiger partial charge in [0, 0.05) is 11.4 Å². The van der Waals surface area contributed by atoms with Crippen molar-refractivity contribution < 1.29 is 0 Å². The fraction of sp³-hybridized carbons (Fsp3) is 0.385. The summed E-state index contributed by atoms with van der Waals surface area (Å²) in [6.45, 7) is 3.10. The molecule has 18 heavy (non-hydrogen) atoms. The molecule has 94 valence electrons. The summed E-state index contributed by atoms with van der Waals surface area (Å²) >= 11 is 7.19. The molecule has 0 radical (unpaired) electrons. The van der Waals surface area contributed by atoms with Crippen LogP contribution in [0.4, 0.5) is 0 Å². The van der Waals surface area contributed by atoms with E-state index in [2.05, 4.69) is 46.0 Å². The van der Waals surface area contributed by atoms with Crippen LogP contribution < -0.4 is 0 Å². The van der Waals surface area contributed by atoms with E-state index < -0.39 is 0 Å². The zero-order valence-electron chi connectivity index (χ0n) is 10.2. The van der Waals surface area contributed by atoms with E-state index in [9.17, 15) is 0 Å². The minimum absolute atomic E-state index is 0.391. The topological polar surface area (TPSA) is 33.6 Å². The van der Waals surface area contributed by atoms with E-state index in [1.54, 1.807) is 0 Å². The highest BCUT2D eigenvalue weighted by Crippen LogP contribution is 2.45. The van der Waals surface area contributed by atoms with Crippen LogP contribution in [-0.2, 0) is 13.0 Å². The Balaban J connectivity index is 1.93. The summed E-state index contributed by atoms with van der Waals surface area (Å²) < 4.78 is 2.88. The fourth-order valence-electron chi connectivity index (χ4n) is 2.34. The minimum atomic E-state index is 0.391. The van der Waals surface area contributed by atoms with Crippen LogP contribution in [0.3, 0.4) is 0 Å². The van der Waals surface area contributed by atoms with Crippen molar-refractivity contribution in [3.05, 3.63) is 40.4 Å². The van der Waals surface area contributed by atoms with E-state index in [1.165, 1.54) is 10.5 Å². The van der Waals surface area contributed by atoms with Gasteiger partial charge < -0.3 is 4.57 Å². The predicted molar refractivity (Wildman–Crippen MR) is 76.4 cm³/mol. The highest BCUT2D eigenvalue weighted by Gasteiger charge is 2.27. The lowest BCUT2D eigenvalue weighted by Crippen LogP contribution is -2.06. The Bertz CT molecular complexity index is 590. The molecule has 1 aromatic heterocycles. The van der Waals surface area contributed by atoms with Gasteiger partial charge in [-0.25, -0.2) is 0 Å². The van der Waals surface area contributed by atoms with Crippen LogP contribution in [0, 0.1) is 4.77 Å². The second kappa shape index (κ2) is 4.90. The Kier molecular flexibility index (Phi) is 3.26. The molecule has 0 spiro atoms. The number of hydrogen-bond acceptors (Lipinski definition) is 3. The molecule has 1 aliphatic rings. The molecule has 1 atom stereocenters. The van der Waals surface area contributed by atoms with Crippen molar-refractivity contribution in [1.29, 1.82) is 0 Å². The predicted octanol–water partition coefficient (Wildman–Crippen LogP) is 3.74. The lowest BCUT2D eigenvalue weighted by molar-refractivity contribution is 0.625. The molecule has 1 aromatic carbocycles. The zero-order chi connectivity index (χ0) is 12.5. The molecule has 0 saturated carbocycles. The van der Waals surface area contributed by atoms with Gasteiger partial charge in [0.15, 0.2) is 4.77 Å². The Hall–Kier alpha value is -1.07. The van der Waals surface area contributed by atoms with Crippen molar-refractivity contribution in [2.24, 2.45) is 0 Å². The van der Waals surface area contributed by atoms with Gasteiger partial charge in [-0.3, -0.25) is 5.10 Å². The van der Waals surface area contributed by atoms with E-state index in [4.69, 9.17) is 12.2 Å². The van der Waals surface area contributed by atoms with E-state index in [0.717, 1.165) is 30.0 Å². The van der Waals surface area contributed by atoms with Crippen LogP contribution in [0.2, 0.25) is 0 Å². The summed E-state index contributed by atoms with van der Waals surface area (Å²) in [4.78, 5) is 1.37. The van der Waals surface area contributed by atoms with Gasteiger partial charge in [-0.15, -0.1) is 11.8 Å². The van der Waals surface area contributed by atoms with Crippen LogP contribution >= 0.6 is 24.0 Å². The molecule has 3 rings (SSSR count). The average molecular weight is 277 g/mol. The maximum Gasteiger partial charge on any atom is 0.195 e. The number of thioether (sulfide) groups is 1. The van der Waals surface area contributed by atoms with Gasteiger partial charge in [-0.1, -0.05) is 25.1 Å². The van der Waals surface area contributed by atoms with Crippen molar-refractivity contribution in [3.63, 3.8) is 0 Å². The van der Waals surface area contributed by atoms with Crippen molar-refractivity contribution in [3.8, 4) is 0 Å². The fourth-order valence-corrected chi connectivity index (χ4v) is 3.89. The summed E-state index contributed by atoms with van der Waals surface area (Å²) in [5, 5.41) is 7.74. The number of benzene rings is 1. The average Bonchev–Trinajstić information content (AvgIpc) is 2.94. The first-order valence-electron chi connectivity index (χ1n) is 6.19. The quantitative estimate of drug-likeness (QED) is 0.868. The monoisotopic (exact) mass is 277 g/mol. The molecule has 0 bridgehead atoms. The lowest BCUT2D eigenvalue weighted by Gasteiger charge is -2.09. The van der Waals surface area contributed by atoms with Gasteiger partial charge in [-0.2, -0.15) is 5.10 Å². The van der Waals surface area contributed by atoms with Gasteiger partial charge in [0.2, 0.25) is 0 Å². The molecular formula is C13H15N3S2. The summed E-state index contributed by atoms with van der Waals surface area (Å²) in [6, 6.07) is 8.58. The minimum Gasteiger partial charge on any atom is -0.303 e. The number of H-pyrrole nitrogens is 1. The molecule has 1 aliphatic heterocycles. The maximum absolute atomic E-state index is 5.30. The summed E-state index contributed by atoms with van der Waals surface area (Å²) in [5.41, 5.74) is 1.42. The second-order valence-corrected chi connectivity index (χ2v) is 6.09. The summed E-state index contributed by atoms with van der Waals surface area (Å²) in [6.07, 6.45) is 2.12. The van der Waals surface area contributed by atoms with Crippen LogP contribution in [0.25, 0.3) is 0 Å². The van der Waals surface area contributed by atoms with E-state index in [1.807, 2.05) is 11.8 Å². The van der Waals surface area contributed by atoms with Crippen LogP contribution in [0.1, 0.15) is 30.0 Å². The lowest BCUT2D eigenvalue weighted by atomic mass is 10.1. The van der Waals surface area contributed by atoms with Gasteiger partial charge in [0.05, 0.1) is 5.25 Å². The van der Waals surface area contributed by atoms with Crippen molar-refractivity contribution in [2.75, 3.05) is 0 Å². The normalized spacial score (nSPS) is 17.9. The first-order valence-corrected chi connectivity index (χ1v) is 7.48. The highest BCUT2D eigenvalue weighted by atomic mass is 32.2. The number of nitrogens with zero attached hydrogens (tertiary/aromatic N) is 2. The molecular weight excluding hydrogens is 262 g/mol. The van der Waals surface area contributed by atoms with Crippen LogP contribution in [0.5, 0.6) is 0 Å². The highest BCUT2D eigenvalue weighted by molar-refractivity contribution is 7.99. The zero-order valence-corrected chi connectivity index (χ0v) is 11.9. The molecule has 0 saturated heterocycles.